The van der Waals surface area contributed by atoms with Gasteiger partial charge in [0.2, 0.25) is 0 Å². The Bertz CT molecular complexity index is 431. The van der Waals surface area contributed by atoms with E-state index in [0.29, 0.717) is 0 Å². The third kappa shape index (κ3) is 2.96. The summed E-state index contributed by atoms with van der Waals surface area (Å²) in [4.78, 5) is 0. The maximum atomic E-state index is 13.1. The molecule has 1 aromatic carbocycles. The molecule has 114 valence electrons. The van der Waals surface area contributed by atoms with Crippen molar-refractivity contribution in [2.24, 2.45) is 0 Å². The summed E-state index contributed by atoms with van der Waals surface area (Å²) in [5.41, 5.74) is 0. The first-order valence-electron chi connectivity index (χ1n) is 5.12. The highest BCUT2D eigenvalue weighted by molar-refractivity contribution is 5.21. The number of para-hydroxylation sites is 1. The first kappa shape index (κ1) is 16.5. The minimum Gasteiger partial charge on any atom is -0.487 e. The molecule has 0 aromatic heterocycles. The highest BCUT2D eigenvalue weighted by atomic mass is 19.4. The number of ether oxygens (including phenoxy) is 1. The first-order valence-corrected chi connectivity index (χ1v) is 5.12. The lowest BCUT2D eigenvalue weighted by molar-refractivity contribution is -0.342. The van der Waals surface area contributed by atoms with Crippen LogP contribution >= 0.6 is 0 Å². The first-order chi connectivity index (χ1) is 9.02. The van der Waals surface area contributed by atoms with Crippen molar-refractivity contribution >= 4 is 0 Å². The van der Waals surface area contributed by atoms with Gasteiger partial charge in [-0.2, -0.15) is 26.3 Å². The lowest BCUT2D eigenvalue weighted by Gasteiger charge is -2.31. The van der Waals surface area contributed by atoms with Crippen LogP contribution in [0.5, 0.6) is 5.75 Å². The summed E-state index contributed by atoms with van der Waals surface area (Å²) in [5, 5.41) is 0. The van der Waals surface area contributed by atoms with Gasteiger partial charge in [0, 0.05) is 0 Å². The number of alkyl halides is 8. The van der Waals surface area contributed by atoms with Gasteiger partial charge in [0.25, 0.3) is 0 Å². The summed E-state index contributed by atoms with van der Waals surface area (Å²) in [6.45, 7) is -2.16. The monoisotopic (exact) mass is 308 g/mol. The maximum absolute atomic E-state index is 13.1. The van der Waals surface area contributed by atoms with E-state index in [0.717, 1.165) is 12.1 Å². The molecular formula is C11H8F8O. The van der Waals surface area contributed by atoms with Crippen LogP contribution in [0.15, 0.2) is 30.3 Å². The Balaban J connectivity index is 2.87. The van der Waals surface area contributed by atoms with E-state index in [1.165, 1.54) is 18.2 Å². The lowest BCUT2D eigenvalue weighted by Crippen LogP contribution is -2.59. The van der Waals surface area contributed by atoms with Gasteiger partial charge in [-0.1, -0.05) is 18.2 Å². The van der Waals surface area contributed by atoms with Crippen LogP contribution in [0.4, 0.5) is 35.1 Å². The van der Waals surface area contributed by atoms with Crippen molar-refractivity contribution in [1.82, 2.24) is 0 Å². The minimum absolute atomic E-state index is 0.289. The Morgan fingerprint density at radius 1 is 0.900 bits per heavy atom. The number of rotatable bonds is 6. The Labute approximate surface area is 108 Å². The summed E-state index contributed by atoms with van der Waals surface area (Å²) < 4.78 is 105. The second-order valence-corrected chi connectivity index (χ2v) is 3.80. The van der Waals surface area contributed by atoms with Crippen molar-refractivity contribution in [2.75, 3.05) is 6.61 Å². The molecule has 0 fully saturated rings. The smallest absolute Gasteiger partial charge is 0.381 e. The van der Waals surface area contributed by atoms with Crippen LogP contribution in [0.25, 0.3) is 0 Å². The van der Waals surface area contributed by atoms with Crippen molar-refractivity contribution in [3.63, 3.8) is 0 Å². The van der Waals surface area contributed by atoms with Crippen LogP contribution < -0.4 is 4.74 Å². The molecule has 1 aromatic rings. The zero-order valence-corrected chi connectivity index (χ0v) is 9.60. The fraction of sp³-hybridized carbons (Fsp3) is 0.455. The van der Waals surface area contributed by atoms with Crippen LogP contribution in [0, 0.1) is 0 Å². The minimum atomic E-state index is -6.25. The van der Waals surface area contributed by atoms with Crippen molar-refractivity contribution in [2.45, 2.75) is 24.2 Å². The Hall–Kier alpha value is -1.54. The molecule has 0 radical (unpaired) electrons. The van der Waals surface area contributed by atoms with Gasteiger partial charge in [0.15, 0.2) is 6.61 Å². The predicted molar refractivity (Wildman–Crippen MR) is 52.8 cm³/mol. The van der Waals surface area contributed by atoms with Crippen molar-refractivity contribution in [3.05, 3.63) is 30.3 Å². The molecule has 9 heteroatoms. The Morgan fingerprint density at radius 3 is 1.85 bits per heavy atom. The highest BCUT2D eigenvalue weighted by Crippen LogP contribution is 2.48. The molecule has 0 aliphatic carbocycles. The highest BCUT2D eigenvalue weighted by Gasteiger charge is 2.75. The Morgan fingerprint density at radius 2 is 1.40 bits per heavy atom. The quantitative estimate of drug-likeness (QED) is 0.714. The van der Waals surface area contributed by atoms with Gasteiger partial charge < -0.3 is 4.74 Å². The predicted octanol–water partition coefficient (Wildman–Crippen LogP) is 4.24. The fourth-order valence-electron chi connectivity index (χ4n) is 1.16. The van der Waals surface area contributed by atoms with Crippen LogP contribution in [-0.4, -0.2) is 30.8 Å². The molecule has 0 heterocycles. The zero-order valence-electron chi connectivity index (χ0n) is 9.60. The molecule has 1 nitrogen and oxygen atoms in total. The molecule has 0 aliphatic rings. The van der Waals surface area contributed by atoms with E-state index in [1.54, 1.807) is 0 Å². The zero-order chi connectivity index (χ0) is 15.6. The molecule has 0 amide bonds. The van der Waals surface area contributed by atoms with E-state index in [4.69, 9.17) is 0 Å². The van der Waals surface area contributed by atoms with E-state index >= 15 is 0 Å². The molecular weight excluding hydrogens is 300 g/mol. The van der Waals surface area contributed by atoms with Crippen LogP contribution in [0.2, 0.25) is 0 Å². The summed E-state index contributed by atoms with van der Waals surface area (Å²) in [7, 11) is 0. The van der Waals surface area contributed by atoms with E-state index in [1.807, 2.05) is 0 Å². The average Bonchev–Trinajstić information content (AvgIpc) is 2.37. The fourth-order valence-corrected chi connectivity index (χ4v) is 1.16. The lowest BCUT2D eigenvalue weighted by atomic mass is 10.1. The van der Waals surface area contributed by atoms with Gasteiger partial charge >= 0.3 is 24.2 Å². The number of hydrogen-bond acceptors (Lipinski definition) is 1. The van der Waals surface area contributed by atoms with Gasteiger partial charge in [-0.25, -0.2) is 8.78 Å². The maximum Gasteiger partial charge on any atom is 0.381 e. The topological polar surface area (TPSA) is 9.23 Å². The van der Waals surface area contributed by atoms with Crippen molar-refractivity contribution < 1.29 is 39.9 Å². The largest absolute Gasteiger partial charge is 0.487 e. The number of hydrogen-bond donors (Lipinski definition) is 0. The number of benzene rings is 1. The molecule has 0 spiro atoms. The third-order valence-electron chi connectivity index (χ3n) is 2.32. The van der Waals surface area contributed by atoms with Gasteiger partial charge in [-0.05, 0) is 12.1 Å². The van der Waals surface area contributed by atoms with Gasteiger partial charge in [-0.3, -0.25) is 0 Å². The second kappa shape index (κ2) is 5.45. The molecule has 0 saturated carbocycles. The molecule has 0 saturated heterocycles. The molecule has 0 bridgehead atoms. The van der Waals surface area contributed by atoms with Crippen molar-refractivity contribution in [3.8, 4) is 5.75 Å². The number of halogens is 8. The average molecular weight is 308 g/mol. The van der Waals surface area contributed by atoms with E-state index < -0.39 is 30.8 Å². The normalized spacial score (nSPS) is 13.7. The van der Waals surface area contributed by atoms with Crippen LogP contribution in [0.1, 0.15) is 0 Å². The van der Waals surface area contributed by atoms with Gasteiger partial charge in [0.05, 0.1) is 0 Å². The molecule has 20 heavy (non-hydrogen) atoms. The van der Waals surface area contributed by atoms with Gasteiger partial charge in [0.1, 0.15) is 5.75 Å². The van der Waals surface area contributed by atoms with Crippen LogP contribution in [0.3, 0.4) is 0 Å². The van der Waals surface area contributed by atoms with E-state index in [9.17, 15) is 35.1 Å². The standard InChI is InChI=1S/C11H8F8O/c12-8(13)10(16,17)11(18,19)9(14,15)6-20-7-4-2-1-3-5-7/h1-5,8H,6H2. The molecule has 1 rings (SSSR count). The van der Waals surface area contributed by atoms with Gasteiger partial charge in [-0.15, -0.1) is 0 Å². The molecule has 0 N–H and O–H groups in total. The molecule has 0 atom stereocenters. The second-order valence-electron chi connectivity index (χ2n) is 3.80. The summed E-state index contributed by atoms with van der Waals surface area (Å²) in [6.07, 6.45) is -4.93. The SMILES string of the molecule is FC(F)C(F)(F)C(F)(F)C(F)(F)COc1ccccc1. The summed E-state index contributed by atoms with van der Waals surface area (Å²) in [6, 6.07) is 6.32. The van der Waals surface area contributed by atoms with E-state index in [2.05, 4.69) is 4.74 Å². The van der Waals surface area contributed by atoms with E-state index in [-0.39, 0.29) is 5.75 Å². The van der Waals surface area contributed by atoms with Crippen molar-refractivity contribution in [1.29, 1.82) is 0 Å². The summed E-state index contributed by atoms with van der Waals surface area (Å²) >= 11 is 0. The molecule has 0 unspecified atom stereocenters. The van der Waals surface area contributed by atoms with Crippen LogP contribution in [-0.2, 0) is 0 Å². The Kier molecular flexibility index (Phi) is 4.50. The summed E-state index contributed by atoms with van der Waals surface area (Å²) in [5.74, 6) is -18.2. The third-order valence-corrected chi connectivity index (χ3v) is 2.32. The molecule has 0 aliphatic heterocycles.